The molecule has 2 rings (SSSR count). The highest BCUT2D eigenvalue weighted by atomic mass is 32.2. The Morgan fingerprint density at radius 3 is 2.83 bits per heavy atom. The third-order valence-electron chi connectivity index (χ3n) is 4.09. The molecule has 0 aromatic carbocycles. The van der Waals surface area contributed by atoms with Gasteiger partial charge in [-0.3, -0.25) is 4.79 Å². The van der Waals surface area contributed by atoms with E-state index in [1.165, 1.54) is 26.4 Å². The molecule has 0 spiro atoms. The van der Waals surface area contributed by atoms with Crippen molar-refractivity contribution in [3.63, 3.8) is 0 Å². The first-order valence-electron chi connectivity index (χ1n) is 7.95. The van der Waals surface area contributed by atoms with Crippen molar-refractivity contribution in [2.24, 2.45) is 0 Å². The molecule has 1 heterocycles. The Morgan fingerprint density at radius 1 is 1.43 bits per heavy atom. The lowest BCUT2D eigenvalue weighted by Gasteiger charge is -2.20. The molecular formula is C15H24N4O3S. The molecule has 0 radical (unpaired) electrons. The second-order valence-electron chi connectivity index (χ2n) is 5.71. The fourth-order valence-corrected chi connectivity index (χ4v) is 3.24. The Hall–Kier alpha value is -1.57. The molecule has 0 saturated heterocycles. The maximum Gasteiger partial charge on any atom is 0.328 e. The lowest BCUT2D eigenvalue weighted by atomic mass is 9.96. The quantitative estimate of drug-likeness (QED) is 0.762. The zero-order valence-corrected chi connectivity index (χ0v) is 14.5. The molecule has 128 valence electrons. The summed E-state index contributed by atoms with van der Waals surface area (Å²) in [4.78, 5) is 24.0. The number of thioether (sulfide) groups is 1. The minimum Gasteiger partial charge on any atom is -0.467 e. The average molecular weight is 340 g/mol. The van der Waals surface area contributed by atoms with E-state index in [1.54, 1.807) is 22.6 Å². The van der Waals surface area contributed by atoms with Crippen LogP contribution >= 0.6 is 11.8 Å². The Kier molecular flexibility index (Phi) is 6.88. The van der Waals surface area contributed by atoms with Gasteiger partial charge in [0.05, 0.1) is 19.3 Å². The van der Waals surface area contributed by atoms with Gasteiger partial charge in [0.25, 0.3) is 5.91 Å². The van der Waals surface area contributed by atoms with Crippen molar-refractivity contribution in [1.82, 2.24) is 20.3 Å². The van der Waals surface area contributed by atoms with Crippen molar-refractivity contribution in [2.45, 2.75) is 50.6 Å². The number of aromatic nitrogens is 3. The fraction of sp³-hybridized carbons (Fsp3) is 0.733. The number of amides is 1. The highest BCUT2D eigenvalue weighted by molar-refractivity contribution is 7.98. The van der Waals surface area contributed by atoms with E-state index in [2.05, 4.69) is 15.6 Å². The number of nitrogens with zero attached hydrogens (tertiary/aromatic N) is 3. The molecule has 1 aromatic rings. The number of carbonyl (C=O) groups is 2. The molecule has 1 aliphatic carbocycles. The van der Waals surface area contributed by atoms with Crippen LogP contribution in [0.2, 0.25) is 0 Å². The van der Waals surface area contributed by atoms with Gasteiger partial charge in [0, 0.05) is 0 Å². The largest absolute Gasteiger partial charge is 0.467 e. The summed E-state index contributed by atoms with van der Waals surface area (Å²) < 4.78 is 6.52. The monoisotopic (exact) mass is 340 g/mol. The van der Waals surface area contributed by atoms with Gasteiger partial charge in [0.15, 0.2) is 5.69 Å². The zero-order valence-electron chi connectivity index (χ0n) is 13.7. The van der Waals surface area contributed by atoms with Crippen molar-refractivity contribution in [3.8, 4) is 0 Å². The number of nitrogens with one attached hydrogen (secondary N) is 1. The van der Waals surface area contributed by atoms with E-state index < -0.39 is 12.0 Å². The molecule has 1 aromatic heterocycles. The molecule has 1 amide bonds. The predicted octanol–water partition coefficient (Wildman–Crippen LogP) is 1.81. The first kappa shape index (κ1) is 17.8. The zero-order chi connectivity index (χ0) is 16.7. The number of hydrogen-bond donors (Lipinski definition) is 1. The maximum atomic E-state index is 12.3. The number of methoxy groups -OCH3 is 1. The molecular weight excluding hydrogens is 316 g/mol. The van der Waals surface area contributed by atoms with Crippen LogP contribution in [0, 0.1) is 0 Å². The third kappa shape index (κ3) is 4.95. The lowest BCUT2D eigenvalue weighted by molar-refractivity contribution is -0.142. The van der Waals surface area contributed by atoms with Gasteiger partial charge in [-0.05, 0) is 31.3 Å². The van der Waals surface area contributed by atoms with Gasteiger partial charge < -0.3 is 10.1 Å². The first-order valence-corrected chi connectivity index (χ1v) is 9.34. The second-order valence-corrected chi connectivity index (χ2v) is 6.69. The van der Waals surface area contributed by atoms with Gasteiger partial charge in [-0.25, -0.2) is 9.48 Å². The highest BCUT2D eigenvalue weighted by Gasteiger charge is 2.24. The van der Waals surface area contributed by atoms with Crippen LogP contribution in [-0.4, -0.2) is 52.0 Å². The van der Waals surface area contributed by atoms with Gasteiger partial charge in [0.2, 0.25) is 0 Å². The summed E-state index contributed by atoms with van der Waals surface area (Å²) in [5, 5.41) is 10.7. The average Bonchev–Trinajstić information content (AvgIpc) is 3.08. The summed E-state index contributed by atoms with van der Waals surface area (Å²) in [6.45, 7) is 0. The Balaban J connectivity index is 1.98. The second kappa shape index (κ2) is 8.90. The lowest BCUT2D eigenvalue weighted by Crippen LogP contribution is -2.42. The van der Waals surface area contributed by atoms with Crippen molar-refractivity contribution in [2.75, 3.05) is 19.1 Å². The molecule has 1 aliphatic rings. The normalized spacial score (nSPS) is 16.8. The minimum absolute atomic E-state index is 0.244. The summed E-state index contributed by atoms with van der Waals surface area (Å²) in [6, 6.07) is -0.328. The summed E-state index contributed by atoms with van der Waals surface area (Å²) >= 11 is 1.61. The Bertz CT molecular complexity index is 529. The summed E-state index contributed by atoms with van der Waals surface area (Å²) in [5.41, 5.74) is 0.244. The SMILES string of the molecule is COC(=O)[C@@H](CCSC)NC(=O)c1cn(C2CCCCC2)nn1. The van der Waals surface area contributed by atoms with E-state index in [-0.39, 0.29) is 11.6 Å². The minimum atomic E-state index is -0.653. The van der Waals surface area contributed by atoms with E-state index >= 15 is 0 Å². The smallest absolute Gasteiger partial charge is 0.328 e. The van der Waals surface area contributed by atoms with Crippen LogP contribution in [-0.2, 0) is 9.53 Å². The predicted molar refractivity (Wildman–Crippen MR) is 88.4 cm³/mol. The number of hydrogen-bond acceptors (Lipinski definition) is 6. The molecule has 1 atom stereocenters. The topological polar surface area (TPSA) is 86.1 Å². The Morgan fingerprint density at radius 2 is 2.17 bits per heavy atom. The van der Waals surface area contributed by atoms with Gasteiger partial charge in [0.1, 0.15) is 6.04 Å². The standard InChI is InChI=1S/C15H24N4O3S/c1-22-15(21)12(8-9-23-2)16-14(20)13-10-19(18-17-13)11-6-4-3-5-7-11/h10-12H,3-9H2,1-2H3,(H,16,20)/t12-/m1/s1. The van der Waals surface area contributed by atoms with Gasteiger partial charge in [-0.2, -0.15) is 11.8 Å². The molecule has 0 aliphatic heterocycles. The summed E-state index contributed by atoms with van der Waals surface area (Å²) in [6.07, 6.45) is 9.92. The van der Waals surface area contributed by atoms with Gasteiger partial charge >= 0.3 is 5.97 Å². The summed E-state index contributed by atoms with van der Waals surface area (Å²) in [5.74, 6) is -0.0647. The highest BCUT2D eigenvalue weighted by Crippen LogP contribution is 2.27. The molecule has 1 N–H and O–H groups in total. The van der Waals surface area contributed by atoms with E-state index in [0.29, 0.717) is 12.5 Å². The van der Waals surface area contributed by atoms with E-state index in [1.807, 2.05) is 6.26 Å². The van der Waals surface area contributed by atoms with Crippen LogP contribution < -0.4 is 5.32 Å². The van der Waals surface area contributed by atoms with E-state index in [0.717, 1.165) is 18.6 Å². The molecule has 0 unspecified atom stereocenters. The van der Waals surface area contributed by atoms with E-state index in [4.69, 9.17) is 4.74 Å². The fourth-order valence-electron chi connectivity index (χ4n) is 2.76. The molecule has 1 saturated carbocycles. The van der Waals surface area contributed by atoms with Crippen LogP contribution in [0.3, 0.4) is 0 Å². The van der Waals surface area contributed by atoms with Crippen LogP contribution in [0.15, 0.2) is 6.20 Å². The third-order valence-corrected chi connectivity index (χ3v) is 4.74. The van der Waals surface area contributed by atoms with Crippen LogP contribution in [0.4, 0.5) is 0 Å². The van der Waals surface area contributed by atoms with E-state index in [9.17, 15) is 9.59 Å². The van der Waals surface area contributed by atoms with Crippen LogP contribution in [0.25, 0.3) is 0 Å². The number of esters is 1. The number of rotatable bonds is 7. The molecule has 0 bridgehead atoms. The molecule has 23 heavy (non-hydrogen) atoms. The van der Waals surface area contributed by atoms with Crippen LogP contribution in [0.1, 0.15) is 55.1 Å². The van der Waals surface area contributed by atoms with Gasteiger partial charge in [-0.1, -0.05) is 24.5 Å². The van der Waals surface area contributed by atoms with Crippen molar-refractivity contribution >= 4 is 23.6 Å². The molecule has 7 nitrogen and oxygen atoms in total. The Labute approximate surface area is 140 Å². The van der Waals surface area contributed by atoms with Crippen LogP contribution in [0.5, 0.6) is 0 Å². The van der Waals surface area contributed by atoms with Crippen molar-refractivity contribution < 1.29 is 14.3 Å². The van der Waals surface area contributed by atoms with Gasteiger partial charge in [-0.15, -0.1) is 5.10 Å². The van der Waals surface area contributed by atoms with Crippen molar-refractivity contribution in [3.05, 3.63) is 11.9 Å². The number of ether oxygens (including phenoxy) is 1. The van der Waals surface area contributed by atoms with Crippen molar-refractivity contribution in [1.29, 1.82) is 0 Å². The first-order chi connectivity index (χ1) is 11.2. The number of carbonyl (C=O) groups excluding carboxylic acids is 2. The maximum absolute atomic E-state index is 12.3. The molecule has 8 heteroatoms. The summed E-state index contributed by atoms with van der Waals surface area (Å²) in [7, 11) is 1.32. The molecule has 1 fully saturated rings.